The van der Waals surface area contributed by atoms with Gasteiger partial charge in [-0.1, -0.05) is 30.3 Å². The first-order valence-electron chi connectivity index (χ1n) is 16.1. The lowest BCUT2D eigenvalue weighted by molar-refractivity contribution is 0.378. The van der Waals surface area contributed by atoms with Crippen LogP contribution in [0.4, 0.5) is 87.8 Å². The Morgan fingerprint density at radius 3 is 0.820 bits per heavy atom. The van der Waals surface area contributed by atoms with Crippen LogP contribution in [0.5, 0.6) is 5.75 Å². The normalized spacial score (nSPS) is 12.1. The molecule has 23 heteroatoms. The Morgan fingerprint density at radius 2 is 0.574 bits per heavy atom. The molecule has 6 aromatic rings. The van der Waals surface area contributed by atoms with Crippen molar-refractivity contribution in [3.63, 3.8) is 0 Å². The van der Waals surface area contributed by atoms with E-state index in [0.29, 0.717) is 5.75 Å². The van der Waals surface area contributed by atoms with E-state index in [0.717, 1.165) is 5.75 Å². The minimum Gasteiger partial charge on any atom is -0.508 e. The number of aromatic hydroxyl groups is 1. The lowest BCUT2D eigenvalue weighted by atomic mass is 9.12. The van der Waals surface area contributed by atoms with Gasteiger partial charge in [0.25, 0.3) is 0 Å². The largest absolute Gasteiger partial charge is 0.508 e. The van der Waals surface area contributed by atoms with Gasteiger partial charge in [0.1, 0.15) is 70.4 Å². The molecule has 1 atom stereocenters. The Labute approximate surface area is 330 Å². The zero-order valence-electron chi connectivity index (χ0n) is 29.4. The molecule has 0 fully saturated rings. The molecule has 0 radical (unpaired) electrons. The summed E-state index contributed by atoms with van der Waals surface area (Å²) in [5.74, 6) is -70.0. The number of phenols is 1. The van der Waals surface area contributed by atoms with E-state index in [9.17, 15) is 57.8 Å². The van der Waals surface area contributed by atoms with E-state index < -0.39 is 144 Å². The monoisotopic (exact) mass is 910 g/mol. The van der Waals surface area contributed by atoms with Crippen molar-refractivity contribution in [3.8, 4) is 5.75 Å². The molecule has 6 rings (SSSR count). The minimum atomic E-state index is -7.22. The first-order valence-corrected chi connectivity index (χ1v) is 17.9. The van der Waals surface area contributed by atoms with E-state index in [1.807, 2.05) is 18.2 Å². The highest BCUT2D eigenvalue weighted by Gasteiger charge is 2.52. The fourth-order valence-corrected chi connectivity index (χ4v) is 7.93. The maximum Gasteiger partial charge on any atom is 0.200 e. The fraction of sp³-hybridized carbons (Fsp3) is 0.0526. The molecule has 1 N–H and O–H groups in total. The van der Waals surface area contributed by atoms with Crippen LogP contribution in [-0.2, 0) is 16.6 Å². The molecule has 0 heterocycles. The third-order valence-electron chi connectivity index (χ3n) is 9.17. The standard InChI is InChI=1S/C24BF20.C14H14OS/c26-5-1(6(27)14(35)21(42)13(5)34)25(2-7(28)15(36)22(43)16(37)8(2)29,3-9(30)17(38)23(44)18(39)10(3)31)4-11(32)19(40)24(45)20(41)12(4)33;1-16(14-5-3-2-4-6-14)11-12-7-9-13(15)10-8-12/h;2-10H,11H2,1H3/q-1;/p+1. The van der Waals surface area contributed by atoms with Crippen LogP contribution in [0.25, 0.3) is 0 Å². The van der Waals surface area contributed by atoms with Crippen LogP contribution in [-0.4, -0.2) is 17.5 Å². The SMILES string of the molecule is C[S+](Cc1ccc(O)cc1)c1ccccc1.Fc1c(F)c(F)c([B-](c2c(F)c(F)c(F)c(F)c2F)(c2c(F)c(F)c(F)c(F)c2F)c2c(F)c(F)c(F)c(F)c2F)c(F)c1F. The second kappa shape index (κ2) is 17.2. The van der Waals surface area contributed by atoms with E-state index in [1.54, 1.807) is 12.1 Å². The third kappa shape index (κ3) is 7.49. The van der Waals surface area contributed by atoms with Crippen LogP contribution in [0, 0.1) is 116 Å². The molecule has 322 valence electrons. The van der Waals surface area contributed by atoms with Gasteiger partial charge in [0.15, 0.2) is 74.7 Å². The van der Waals surface area contributed by atoms with Crippen LogP contribution < -0.4 is 21.9 Å². The molecule has 0 spiro atoms. The van der Waals surface area contributed by atoms with Gasteiger partial charge in [0.2, 0.25) is 0 Å². The van der Waals surface area contributed by atoms with Gasteiger partial charge < -0.3 is 5.11 Å². The predicted octanol–water partition coefficient (Wildman–Crippen LogP) is 9.05. The van der Waals surface area contributed by atoms with Gasteiger partial charge in [0.05, 0.1) is 0 Å². The summed E-state index contributed by atoms with van der Waals surface area (Å²) in [6, 6.07) is 18.0. The lowest BCUT2D eigenvalue weighted by Crippen LogP contribution is -2.81. The highest BCUT2D eigenvalue weighted by atomic mass is 32.2. The summed E-state index contributed by atoms with van der Waals surface area (Å²) in [5.41, 5.74) is -13.1. The Balaban J connectivity index is 0.000000366. The number of phenolic OH excluding ortho intramolecular Hbond substituents is 1. The van der Waals surface area contributed by atoms with Crippen LogP contribution in [0.3, 0.4) is 0 Å². The lowest BCUT2D eigenvalue weighted by Gasteiger charge is -2.44. The van der Waals surface area contributed by atoms with Gasteiger partial charge in [-0.25, -0.2) is 87.8 Å². The number of benzene rings is 6. The van der Waals surface area contributed by atoms with Crippen LogP contribution in [0.1, 0.15) is 5.56 Å². The van der Waals surface area contributed by atoms with Crippen LogP contribution >= 0.6 is 0 Å². The number of hydrogen-bond donors (Lipinski definition) is 1. The Kier molecular flexibility index (Phi) is 13.1. The first kappa shape index (κ1) is 46.2. The quantitative estimate of drug-likeness (QED) is 0.0558. The molecule has 0 aromatic heterocycles. The number of halogens is 20. The van der Waals surface area contributed by atoms with Gasteiger partial charge >= 0.3 is 0 Å². The molecule has 6 aromatic carbocycles. The molecule has 0 bridgehead atoms. The maximum absolute atomic E-state index is 15.4. The number of hydrogen-bond acceptors (Lipinski definition) is 1. The smallest absolute Gasteiger partial charge is 0.200 e. The van der Waals surface area contributed by atoms with Gasteiger partial charge in [-0.15, -0.1) is 21.9 Å². The predicted molar refractivity (Wildman–Crippen MR) is 179 cm³/mol. The number of rotatable bonds is 7. The average Bonchev–Trinajstić information content (AvgIpc) is 3.24. The summed E-state index contributed by atoms with van der Waals surface area (Å²) < 4.78 is 294. The van der Waals surface area contributed by atoms with E-state index in [-0.39, 0.29) is 10.9 Å². The van der Waals surface area contributed by atoms with E-state index >= 15 is 35.1 Å². The van der Waals surface area contributed by atoms with Crippen molar-refractivity contribution >= 4 is 38.9 Å². The molecule has 0 aliphatic heterocycles. The molecular weight excluding hydrogens is 895 g/mol. The van der Waals surface area contributed by atoms with Crippen molar-refractivity contribution < 1.29 is 92.9 Å². The summed E-state index contributed by atoms with van der Waals surface area (Å²) in [6.45, 7) is 0. The van der Waals surface area contributed by atoms with Gasteiger partial charge in [-0.05, 0) is 24.3 Å². The van der Waals surface area contributed by atoms with Crippen LogP contribution in [0.15, 0.2) is 59.5 Å². The molecule has 1 unspecified atom stereocenters. The minimum absolute atomic E-state index is 0.227. The molecule has 1 nitrogen and oxygen atoms in total. The van der Waals surface area contributed by atoms with Crippen LogP contribution in [0.2, 0.25) is 0 Å². The summed E-state index contributed by atoms with van der Waals surface area (Å²) >= 11 is 0. The van der Waals surface area contributed by atoms with E-state index in [1.165, 1.54) is 10.5 Å². The molecule has 0 aliphatic carbocycles. The first-order chi connectivity index (χ1) is 28.5. The van der Waals surface area contributed by atoms with Gasteiger partial charge in [-0.3, -0.25) is 0 Å². The Bertz CT molecular complexity index is 2310. The topological polar surface area (TPSA) is 20.2 Å². The Hall–Kier alpha value is -5.87. The second-order valence-corrected chi connectivity index (χ2v) is 14.6. The maximum atomic E-state index is 15.4. The molecule has 0 saturated heterocycles. The van der Waals surface area contributed by atoms with Crippen molar-refractivity contribution in [2.24, 2.45) is 0 Å². The third-order valence-corrected chi connectivity index (χ3v) is 11.0. The van der Waals surface area contributed by atoms with Crippen molar-refractivity contribution in [1.82, 2.24) is 0 Å². The Morgan fingerprint density at radius 1 is 0.344 bits per heavy atom. The van der Waals surface area contributed by atoms with Crippen molar-refractivity contribution in [3.05, 3.63) is 177 Å². The second-order valence-electron chi connectivity index (χ2n) is 12.6. The fourth-order valence-electron chi connectivity index (χ4n) is 6.45. The summed E-state index contributed by atoms with van der Waals surface area (Å²) in [4.78, 5) is 1.38. The summed E-state index contributed by atoms with van der Waals surface area (Å²) in [6.07, 6.45) is -4.96. The zero-order chi connectivity index (χ0) is 45.7. The van der Waals surface area contributed by atoms with Crippen molar-refractivity contribution in [1.29, 1.82) is 0 Å². The average molecular weight is 910 g/mol. The zero-order valence-corrected chi connectivity index (χ0v) is 30.2. The summed E-state index contributed by atoms with van der Waals surface area (Å²) in [7, 11) is 0.227. The van der Waals surface area contributed by atoms with Crippen molar-refractivity contribution in [2.75, 3.05) is 6.26 Å². The molecule has 61 heavy (non-hydrogen) atoms. The van der Waals surface area contributed by atoms with E-state index in [2.05, 4.69) is 30.5 Å². The summed E-state index contributed by atoms with van der Waals surface area (Å²) in [5, 5.41) is 9.21. The van der Waals surface area contributed by atoms with E-state index in [4.69, 9.17) is 0 Å². The molecule has 0 amide bonds. The van der Waals surface area contributed by atoms with Gasteiger partial charge in [0, 0.05) is 16.5 Å². The highest BCUT2D eigenvalue weighted by Crippen LogP contribution is 2.31. The molecular formula is C38H15BF20OS. The van der Waals surface area contributed by atoms with Gasteiger partial charge in [-0.2, -0.15) is 0 Å². The molecule has 0 aliphatic rings. The highest BCUT2D eigenvalue weighted by molar-refractivity contribution is 7.95. The molecule has 0 saturated carbocycles. The van der Waals surface area contributed by atoms with Crippen molar-refractivity contribution in [2.45, 2.75) is 10.6 Å².